The fraction of sp³-hybridized carbons (Fsp3) is 0.667. The minimum absolute atomic E-state index is 0.0514. The molecule has 0 aromatic rings. The molecule has 0 saturated carbocycles. The van der Waals surface area contributed by atoms with E-state index in [1.807, 2.05) is 27.2 Å². The molecule has 3 N–H and O–H groups in total. The van der Waals surface area contributed by atoms with E-state index in [1.54, 1.807) is 6.08 Å². The maximum absolute atomic E-state index is 12.9. The number of carbonyl (C=O) groups is 1. The van der Waals surface area contributed by atoms with Gasteiger partial charge in [0.05, 0.1) is 39.9 Å². The van der Waals surface area contributed by atoms with Crippen molar-refractivity contribution in [1.29, 1.82) is 0 Å². The minimum atomic E-state index is -4.35. The van der Waals surface area contributed by atoms with E-state index < -0.39 is 20.0 Å². The first-order valence-electron chi connectivity index (χ1n) is 28.9. The lowest BCUT2D eigenvalue weighted by atomic mass is 10.0. The van der Waals surface area contributed by atoms with E-state index in [9.17, 15) is 19.4 Å². The number of hydrogen-bond acceptors (Lipinski definition) is 5. The number of unbranched alkanes of at least 4 members (excludes halogenated alkanes) is 20. The molecule has 8 nitrogen and oxygen atoms in total. The van der Waals surface area contributed by atoms with Gasteiger partial charge in [0.25, 0.3) is 0 Å². The molecule has 412 valence electrons. The van der Waals surface area contributed by atoms with Gasteiger partial charge in [0, 0.05) is 6.42 Å². The van der Waals surface area contributed by atoms with Crippen LogP contribution in [0.25, 0.3) is 0 Å². The lowest BCUT2D eigenvalue weighted by Gasteiger charge is -2.25. The molecule has 3 atom stereocenters. The number of amides is 1. The van der Waals surface area contributed by atoms with Crippen molar-refractivity contribution in [2.75, 3.05) is 40.9 Å². The molecule has 3 unspecified atom stereocenters. The molecule has 0 aromatic carbocycles. The molecule has 0 saturated heterocycles. The van der Waals surface area contributed by atoms with Crippen LogP contribution in [0.5, 0.6) is 0 Å². The Bertz CT molecular complexity index is 1580. The number of rotatable bonds is 51. The number of nitrogens with zero attached hydrogens (tertiary/aromatic N) is 1. The summed E-state index contributed by atoms with van der Waals surface area (Å²) < 4.78 is 23.6. The first kappa shape index (κ1) is 68.9. The van der Waals surface area contributed by atoms with Gasteiger partial charge in [0.2, 0.25) is 5.91 Å². The topological polar surface area (TPSA) is 105 Å². The van der Waals surface area contributed by atoms with Gasteiger partial charge in [-0.05, 0) is 96.3 Å². The lowest BCUT2D eigenvalue weighted by molar-refractivity contribution is -0.870. The molecular formula is C63H110N2O6P+. The molecule has 0 aliphatic carbocycles. The van der Waals surface area contributed by atoms with Crippen molar-refractivity contribution < 1.29 is 32.9 Å². The molecule has 0 aromatic heterocycles. The highest BCUT2D eigenvalue weighted by Gasteiger charge is 2.27. The number of carbonyl (C=O) groups excluding carboxylic acids is 1. The summed E-state index contributed by atoms with van der Waals surface area (Å²) in [4.78, 5) is 23.2. The van der Waals surface area contributed by atoms with Gasteiger partial charge >= 0.3 is 7.82 Å². The summed E-state index contributed by atoms with van der Waals surface area (Å²) >= 11 is 0. The summed E-state index contributed by atoms with van der Waals surface area (Å²) in [6, 6.07) is -0.869. The highest BCUT2D eigenvalue weighted by Crippen LogP contribution is 2.43. The fourth-order valence-electron chi connectivity index (χ4n) is 7.66. The zero-order valence-electron chi connectivity index (χ0n) is 46.9. The molecule has 0 radical (unpaired) electrons. The van der Waals surface area contributed by atoms with Crippen molar-refractivity contribution in [3.63, 3.8) is 0 Å². The van der Waals surface area contributed by atoms with Crippen molar-refractivity contribution >= 4 is 13.7 Å². The van der Waals surface area contributed by atoms with Crippen molar-refractivity contribution in [2.24, 2.45) is 0 Å². The Hall–Kier alpha value is -3.10. The van der Waals surface area contributed by atoms with E-state index in [0.29, 0.717) is 17.4 Å². The molecule has 0 aliphatic heterocycles. The summed E-state index contributed by atoms with van der Waals surface area (Å²) in [5, 5.41) is 13.8. The van der Waals surface area contributed by atoms with Crippen LogP contribution in [-0.4, -0.2) is 73.4 Å². The average molecular weight is 1020 g/mol. The zero-order valence-corrected chi connectivity index (χ0v) is 47.8. The Morgan fingerprint density at radius 3 is 1.28 bits per heavy atom. The first-order chi connectivity index (χ1) is 35.0. The SMILES string of the molecule is CC/C=C\C/C=C\C/C=C\C/C=C\C/C=C\C/C=C\C/C=C\C/C=C\CCCCCCCCCCCCCCCCC(=O)NC(COP(=O)(O)OCC[N+](C)(C)C)C(O)/C=C/CC/C=C/CCCCCCC. The third kappa shape index (κ3) is 54.7. The van der Waals surface area contributed by atoms with Gasteiger partial charge in [-0.25, -0.2) is 4.57 Å². The molecule has 72 heavy (non-hydrogen) atoms. The average Bonchev–Trinajstić information content (AvgIpc) is 3.34. The smallest absolute Gasteiger partial charge is 0.387 e. The van der Waals surface area contributed by atoms with Gasteiger partial charge in [-0.1, -0.05) is 238 Å². The van der Waals surface area contributed by atoms with Crippen molar-refractivity contribution in [3.05, 3.63) is 122 Å². The monoisotopic (exact) mass is 1020 g/mol. The van der Waals surface area contributed by atoms with E-state index in [1.165, 1.54) is 109 Å². The summed E-state index contributed by atoms with van der Waals surface area (Å²) in [6.45, 7) is 4.64. The number of likely N-dealkylation sites (N-methyl/N-ethyl adjacent to an activating group) is 1. The van der Waals surface area contributed by atoms with Crippen LogP contribution >= 0.6 is 7.82 Å². The summed E-state index contributed by atoms with van der Waals surface area (Å²) in [6.07, 6.45) is 78.9. The van der Waals surface area contributed by atoms with E-state index in [-0.39, 0.29) is 19.1 Å². The fourth-order valence-corrected chi connectivity index (χ4v) is 8.40. The van der Waals surface area contributed by atoms with Crippen molar-refractivity contribution in [3.8, 4) is 0 Å². The summed E-state index contributed by atoms with van der Waals surface area (Å²) in [5.74, 6) is -0.194. The zero-order chi connectivity index (χ0) is 52.7. The number of phosphoric ester groups is 1. The number of nitrogens with one attached hydrogen (secondary N) is 1. The minimum Gasteiger partial charge on any atom is -0.387 e. The second-order valence-electron chi connectivity index (χ2n) is 20.3. The lowest BCUT2D eigenvalue weighted by Crippen LogP contribution is -2.45. The van der Waals surface area contributed by atoms with Gasteiger partial charge in [-0.2, -0.15) is 0 Å². The second kappa shape index (κ2) is 52.8. The van der Waals surface area contributed by atoms with E-state index in [4.69, 9.17) is 9.05 Å². The summed E-state index contributed by atoms with van der Waals surface area (Å²) in [5.41, 5.74) is 0. The van der Waals surface area contributed by atoms with E-state index in [2.05, 4.69) is 129 Å². The number of hydrogen-bond donors (Lipinski definition) is 3. The van der Waals surface area contributed by atoms with Crippen molar-refractivity contribution in [1.82, 2.24) is 5.32 Å². The third-order valence-corrected chi connectivity index (χ3v) is 13.1. The van der Waals surface area contributed by atoms with Gasteiger partial charge in [-0.15, -0.1) is 0 Å². The quantitative estimate of drug-likeness (QED) is 0.0243. The molecule has 0 aliphatic rings. The standard InChI is InChI=1S/C63H109N2O6P/c1-6-8-10-12-14-16-18-19-20-21-22-23-24-25-26-27-28-29-30-31-32-33-34-35-36-37-38-39-40-41-42-43-44-45-47-49-51-53-55-57-63(67)64-61(60-71-72(68,69)70-59-58-65(3,4)5)62(66)56-54-52-50-48-46-17-15-13-11-9-7-2/h8,10,14,16,19-20,22-23,25-26,28-29,31-32,34-35,46,48,54,56,61-62,66H,6-7,9,11-13,15,17-18,21,24,27,30,33,36-45,47,49-53,55,57-60H2,1-5H3,(H-,64,67,68,69)/p+1/b10-8-,16-14-,20-19-,23-22-,26-25-,29-28-,32-31-,35-34-,48-46+,56-54+. The maximum atomic E-state index is 12.9. The van der Waals surface area contributed by atoms with Gasteiger partial charge in [0.1, 0.15) is 13.2 Å². The number of aliphatic hydroxyl groups excluding tert-OH is 1. The Morgan fingerprint density at radius 1 is 0.486 bits per heavy atom. The number of aliphatic hydroxyl groups is 1. The van der Waals surface area contributed by atoms with Crippen LogP contribution in [0.3, 0.4) is 0 Å². The van der Waals surface area contributed by atoms with Gasteiger partial charge in [0.15, 0.2) is 0 Å². The van der Waals surface area contributed by atoms with Crippen LogP contribution < -0.4 is 5.32 Å². The molecular weight excluding hydrogens is 912 g/mol. The Morgan fingerprint density at radius 2 is 0.847 bits per heavy atom. The van der Waals surface area contributed by atoms with Crippen LogP contribution in [0.1, 0.15) is 219 Å². The Kier molecular flexibility index (Phi) is 50.5. The normalized spacial score (nSPS) is 14.8. The molecule has 0 heterocycles. The largest absolute Gasteiger partial charge is 0.472 e. The maximum Gasteiger partial charge on any atom is 0.472 e. The summed E-state index contributed by atoms with van der Waals surface area (Å²) in [7, 11) is 1.54. The highest BCUT2D eigenvalue weighted by molar-refractivity contribution is 7.47. The van der Waals surface area contributed by atoms with Crippen LogP contribution in [0.4, 0.5) is 0 Å². The molecule has 9 heteroatoms. The van der Waals surface area contributed by atoms with Crippen LogP contribution in [0.15, 0.2) is 122 Å². The molecule has 0 rings (SSSR count). The van der Waals surface area contributed by atoms with Crippen LogP contribution in [0, 0.1) is 0 Å². The van der Waals surface area contributed by atoms with Gasteiger partial charge < -0.3 is 19.8 Å². The third-order valence-electron chi connectivity index (χ3n) is 12.2. The predicted octanol–water partition coefficient (Wildman–Crippen LogP) is 17.8. The Labute approximate surface area is 444 Å². The Balaban J connectivity index is 4.02. The number of phosphoric acid groups is 1. The highest BCUT2D eigenvalue weighted by atomic mass is 31.2. The molecule has 0 fully saturated rings. The molecule has 0 bridgehead atoms. The van der Waals surface area contributed by atoms with Crippen LogP contribution in [0.2, 0.25) is 0 Å². The first-order valence-corrected chi connectivity index (χ1v) is 30.4. The second-order valence-corrected chi connectivity index (χ2v) is 21.7. The van der Waals surface area contributed by atoms with E-state index in [0.717, 1.165) is 89.9 Å². The van der Waals surface area contributed by atoms with Gasteiger partial charge in [-0.3, -0.25) is 13.8 Å². The number of quaternary nitrogens is 1. The van der Waals surface area contributed by atoms with E-state index >= 15 is 0 Å². The predicted molar refractivity (Wildman–Crippen MR) is 313 cm³/mol. The molecule has 1 amide bonds. The number of allylic oxidation sites excluding steroid dienone is 19. The molecule has 0 spiro atoms. The van der Waals surface area contributed by atoms with Crippen LogP contribution in [-0.2, 0) is 18.4 Å². The van der Waals surface area contributed by atoms with Crippen molar-refractivity contribution in [2.45, 2.75) is 231 Å².